The number of ether oxygens (including phenoxy) is 1. The van der Waals surface area contributed by atoms with Gasteiger partial charge < -0.3 is 14.6 Å². The van der Waals surface area contributed by atoms with Crippen molar-refractivity contribution in [3.05, 3.63) is 46.6 Å². The minimum atomic E-state index is -0.349. The molecule has 1 heterocycles. The molecule has 0 aliphatic rings. The molecule has 0 spiro atoms. The Morgan fingerprint density at radius 1 is 1.33 bits per heavy atom. The maximum absolute atomic E-state index is 14.0. The fraction of sp³-hybridized carbons (Fsp3) is 0.438. The summed E-state index contributed by atoms with van der Waals surface area (Å²) in [6.07, 6.45) is 1.06. The van der Waals surface area contributed by atoms with Gasteiger partial charge in [0.2, 0.25) is 0 Å². The van der Waals surface area contributed by atoms with Crippen molar-refractivity contribution in [3.63, 3.8) is 0 Å². The van der Waals surface area contributed by atoms with Gasteiger partial charge in [0.1, 0.15) is 12.4 Å². The van der Waals surface area contributed by atoms with Crippen LogP contribution in [0, 0.1) is 19.7 Å². The summed E-state index contributed by atoms with van der Waals surface area (Å²) in [4.78, 5) is 0. The minimum absolute atomic E-state index is 0.245. The van der Waals surface area contributed by atoms with Crippen molar-refractivity contribution in [2.45, 2.75) is 40.3 Å². The zero-order chi connectivity index (χ0) is 15.2. The minimum Gasteiger partial charge on any atom is -0.486 e. The molecule has 2 aromatic rings. The van der Waals surface area contributed by atoms with Crippen molar-refractivity contribution < 1.29 is 13.7 Å². The Labute approximate surface area is 124 Å². The van der Waals surface area contributed by atoms with E-state index in [9.17, 15) is 4.39 Å². The molecule has 5 heteroatoms. The zero-order valence-electron chi connectivity index (χ0n) is 12.7. The van der Waals surface area contributed by atoms with Crippen LogP contribution >= 0.6 is 0 Å². The average molecular weight is 292 g/mol. The molecule has 114 valence electrons. The quantitative estimate of drug-likeness (QED) is 0.793. The average Bonchev–Trinajstić information content (AvgIpc) is 2.78. The lowest BCUT2D eigenvalue weighted by Gasteiger charge is -2.09. The van der Waals surface area contributed by atoms with E-state index in [1.54, 1.807) is 6.07 Å². The smallest absolute Gasteiger partial charge is 0.165 e. The highest BCUT2D eigenvalue weighted by molar-refractivity contribution is 5.30. The summed E-state index contributed by atoms with van der Waals surface area (Å²) >= 11 is 0. The predicted molar refractivity (Wildman–Crippen MR) is 78.7 cm³/mol. The number of benzene rings is 1. The Balaban J connectivity index is 1.98. The second-order valence-corrected chi connectivity index (χ2v) is 5.03. The van der Waals surface area contributed by atoms with E-state index in [2.05, 4.69) is 17.4 Å². The van der Waals surface area contributed by atoms with Gasteiger partial charge in [0, 0.05) is 6.54 Å². The van der Waals surface area contributed by atoms with E-state index in [-0.39, 0.29) is 18.2 Å². The number of halogens is 1. The fourth-order valence-electron chi connectivity index (χ4n) is 2.04. The number of nitrogens with zero attached hydrogens (tertiary/aromatic N) is 1. The third kappa shape index (κ3) is 4.04. The van der Waals surface area contributed by atoms with Gasteiger partial charge in [-0.25, -0.2) is 4.39 Å². The van der Waals surface area contributed by atoms with Crippen LogP contribution in [0.2, 0.25) is 0 Å². The Hall–Kier alpha value is -1.88. The number of rotatable bonds is 7. The summed E-state index contributed by atoms with van der Waals surface area (Å²) in [5, 5.41) is 7.09. The third-order valence-corrected chi connectivity index (χ3v) is 3.31. The van der Waals surface area contributed by atoms with Crippen LogP contribution in [0.5, 0.6) is 5.75 Å². The maximum atomic E-state index is 14.0. The van der Waals surface area contributed by atoms with Gasteiger partial charge >= 0.3 is 0 Å². The summed E-state index contributed by atoms with van der Waals surface area (Å²) in [6.45, 7) is 7.59. The Morgan fingerprint density at radius 3 is 2.76 bits per heavy atom. The van der Waals surface area contributed by atoms with E-state index in [0.29, 0.717) is 12.3 Å². The molecule has 4 nitrogen and oxygen atoms in total. The van der Waals surface area contributed by atoms with Gasteiger partial charge in [0.15, 0.2) is 11.6 Å². The number of hydrogen-bond donors (Lipinski definition) is 1. The maximum Gasteiger partial charge on any atom is 0.165 e. The number of aromatic nitrogens is 1. The first-order valence-electron chi connectivity index (χ1n) is 7.15. The molecular weight excluding hydrogens is 271 g/mol. The lowest BCUT2D eigenvalue weighted by Crippen LogP contribution is -2.13. The van der Waals surface area contributed by atoms with E-state index < -0.39 is 0 Å². The molecule has 0 bridgehead atoms. The largest absolute Gasteiger partial charge is 0.486 e. The molecule has 0 radical (unpaired) electrons. The van der Waals surface area contributed by atoms with Gasteiger partial charge in [-0.3, -0.25) is 0 Å². The number of nitrogens with one attached hydrogen (secondary N) is 1. The molecule has 0 aliphatic heterocycles. The molecule has 0 saturated carbocycles. The molecule has 0 amide bonds. The second-order valence-electron chi connectivity index (χ2n) is 5.03. The van der Waals surface area contributed by atoms with Crippen molar-refractivity contribution in [1.29, 1.82) is 0 Å². The van der Waals surface area contributed by atoms with Gasteiger partial charge in [-0.05, 0) is 44.5 Å². The normalized spacial score (nSPS) is 10.9. The molecule has 0 atom stereocenters. The fourth-order valence-corrected chi connectivity index (χ4v) is 2.04. The van der Waals surface area contributed by atoms with Gasteiger partial charge in [-0.15, -0.1) is 0 Å². The van der Waals surface area contributed by atoms with Crippen LogP contribution in [0.25, 0.3) is 0 Å². The monoisotopic (exact) mass is 292 g/mol. The van der Waals surface area contributed by atoms with Crippen LogP contribution in [0.1, 0.15) is 35.9 Å². The molecule has 0 unspecified atom stereocenters. The second kappa shape index (κ2) is 7.22. The van der Waals surface area contributed by atoms with E-state index in [1.807, 2.05) is 19.9 Å². The summed E-state index contributed by atoms with van der Waals surface area (Å²) in [6, 6.07) is 5.04. The lowest BCUT2D eigenvalue weighted by molar-refractivity contribution is 0.286. The molecule has 0 saturated heterocycles. The molecule has 1 N–H and O–H groups in total. The summed E-state index contributed by atoms with van der Waals surface area (Å²) in [5.74, 6) is 0.597. The molecule has 1 aromatic carbocycles. The Bertz CT molecular complexity index is 576. The van der Waals surface area contributed by atoms with Gasteiger partial charge in [0.25, 0.3) is 0 Å². The first-order chi connectivity index (χ1) is 10.1. The zero-order valence-corrected chi connectivity index (χ0v) is 12.7. The lowest BCUT2D eigenvalue weighted by atomic mass is 10.2. The third-order valence-electron chi connectivity index (χ3n) is 3.31. The van der Waals surface area contributed by atoms with Crippen LogP contribution < -0.4 is 10.1 Å². The van der Waals surface area contributed by atoms with Crippen molar-refractivity contribution in [3.8, 4) is 5.75 Å². The van der Waals surface area contributed by atoms with E-state index >= 15 is 0 Å². The van der Waals surface area contributed by atoms with Gasteiger partial charge in [0.05, 0.1) is 11.3 Å². The topological polar surface area (TPSA) is 47.3 Å². The van der Waals surface area contributed by atoms with Crippen LogP contribution in [0.15, 0.2) is 22.7 Å². The SMILES string of the molecule is CCCNCc1ccc(OCc2c(C)noc2C)c(F)c1. The summed E-state index contributed by atoms with van der Waals surface area (Å²) in [5.41, 5.74) is 2.54. The Morgan fingerprint density at radius 2 is 2.14 bits per heavy atom. The van der Waals surface area contributed by atoms with Crippen molar-refractivity contribution >= 4 is 0 Å². The Kier molecular flexibility index (Phi) is 5.33. The molecule has 1 aromatic heterocycles. The van der Waals surface area contributed by atoms with E-state index in [1.165, 1.54) is 6.07 Å². The molecule has 0 fully saturated rings. The molecular formula is C16H21FN2O2. The van der Waals surface area contributed by atoms with Crippen LogP contribution in [-0.4, -0.2) is 11.7 Å². The first-order valence-corrected chi connectivity index (χ1v) is 7.15. The summed E-state index contributed by atoms with van der Waals surface area (Å²) < 4.78 is 24.6. The standard InChI is InChI=1S/C16H21FN2O2/c1-4-7-18-9-13-5-6-16(15(17)8-13)20-10-14-11(2)19-21-12(14)3/h5-6,8,18H,4,7,9-10H2,1-3H3. The highest BCUT2D eigenvalue weighted by atomic mass is 19.1. The summed E-state index contributed by atoms with van der Waals surface area (Å²) in [7, 11) is 0. The highest BCUT2D eigenvalue weighted by Crippen LogP contribution is 2.21. The highest BCUT2D eigenvalue weighted by Gasteiger charge is 2.11. The molecule has 0 aliphatic carbocycles. The van der Waals surface area contributed by atoms with E-state index in [4.69, 9.17) is 9.26 Å². The number of hydrogen-bond acceptors (Lipinski definition) is 4. The van der Waals surface area contributed by atoms with Crippen LogP contribution in [0.4, 0.5) is 4.39 Å². The van der Waals surface area contributed by atoms with Gasteiger partial charge in [-0.2, -0.15) is 0 Å². The van der Waals surface area contributed by atoms with Crippen molar-refractivity contribution in [1.82, 2.24) is 10.5 Å². The van der Waals surface area contributed by atoms with E-state index in [0.717, 1.165) is 29.8 Å². The molecule has 2 rings (SSSR count). The van der Waals surface area contributed by atoms with Crippen molar-refractivity contribution in [2.75, 3.05) is 6.54 Å². The number of aryl methyl sites for hydroxylation is 2. The predicted octanol–water partition coefficient (Wildman–Crippen LogP) is 3.51. The van der Waals surface area contributed by atoms with Crippen LogP contribution in [-0.2, 0) is 13.2 Å². The first kappa shape index (κ1) is 15.5. The van der Waals surface area contributed by atoms with Crippen molar-refractivity contribution in [2.24, 2.45) is 0 Å². The van der Waals surface area contributed by atoms with Gasteiger partial charge in [-0.1, -0.05) is 18.1 Å². The molecule has 21 heavy (non-hydrogen) atoms. The van der Waals surface area contributed by atoms with Crippen LogP contribution in [0.3, 0.4) is 0 Å².